The summed E-state index contributed by atoms with van der Waals surface area (Å²) in [5.74, 6) is 1.76. The van der Waals surface area contributed by atoms with Crippen molar-refractivity contribution in [1.29, 1.82) is 0 Å². The zero-order valence-corrected chi connectivity index (χ0v) is 30.9. The molecular weight excluding hydrogens is 693 g/mol. The molecule has 0 N–H and O–H groups in total. The van der Waals surface area contributed by atoms with E-state index in [1.165, 1.54) is 60.3 Å². The molecule has 1 aliphatic rings. The van der Waals surface area contributed by atoms with E-state index in [1.807, 2.05) is 6.07 Å². The highest BCUT2D eigenvalue weighted by atomic mass is 16.5. The maximum atomic E-state index is 6.75. The fourth-order valence-corrected chi connectivity index (χ4v) is 9.03. The minimum absolute atomic E-state index is 0.867. The zero-order valence-electron chi connectivity index (χ0n) is 30.9. The summed E-state index contributed by atoms with van der Waals surface area (Å²) in [5, 5.41) is 4.91. The van der Waals surface area contributed by atoms with Crippen LogP contribution in [0.15, 0.2) is 206 Å². The van der Waals surface area contributed by atoms with E-state index in [-0.39, 0.29) is 0 Å². The maximum absolute atomic E-state index is 6.75. The fraction of sp³-hybridized carbons (Fsp3) is 0. The molecule has 3 heteroatoms. The van der Waals surface area contributed by atoms with Gasteiger partial charge in [-0.15, -0.1) is 0 Å². The van der Waals surface area contributed by atoms with Gasteiger partial charge in [0.2, 0.25) is 0 Å². The number of rotatable bonds is 5. The molecule has 0 aliphatic carbocycles. The van der Waals surface area contributed by atoms with E-state index in [4.69, 9.17) is 4.74 Å². The first-order chi connectivity index (χ1) is 28.3. The molecule has 0 radical (unpaired) electrons. The standard InChI is InChI=1S/C54H34N2O/c1-3-12-35(13-4-1)40-26-30-49-46(33-40)47-34-41(36-14-5-2-6-15-36)27-31-50(47)55(49)42-17-11-16-39(32-42)37-22-24-38(25-23-37)43-28-29-45-44-18-7-8-19-48(44)56-51-20-9-10-21-52(51)57-54(43)53(45)56/h1-34H. The molecule has 0 fully saturated rings. The lowest BCUT2D eigenvalue weighted by molar-refractivity contribution is 0.478. The third-order valence-electron chi connectivity index (χ3n) is 11.7. The maximum Gasteiger partial charge on any atom is 0.160 e. The molecule has 0 unspecified atom stereocenters. The van der Waals surface area contributed by atoms with Crippen molar-refractivity contribution in [1.82, 2.24) is 9.13 Å². The van der Waals surface area contributed by atoms with Gasteiger partial charge in [-0.2, -0.15) is 0 Å². The van der Waals surface area contributed by atoms with Crippen LogP contribution in [0.5, 0.6) is 11.5 Å². The first kappa shape index (κ1) is 31.7. The summed E-state index contributed by atoms with van der Waals surface area (Å²) >= 11 is 0. The molecule has 12 rings (SSSR count). The number of para-hydroxylation sites is 3. The Morgan fingerprint density at radius 3 is 1.58 bits per heavy atom. The van der Waals surface area contributed by atoms with E-state index in [0.717, 1.165) is 50.6 Å². The Hall–Kier alpha value is -7.62. The number of hydrogen-bond donors (Lipinski definition) is 0. The van der Waals surface area contributed by atoms with Crippen LogP contribution in [0, 0.1) is 0 Å². The van der Waals surface area contributed by atoms with Crippen LogP contribution in [-0.2, 0) is 0 Å². The van der Waals surface area contributed by atoms with Crippen LogP contribution >= 0.6 is 0 Å². The number of aromatic nitrogens is 2. The second-order valence-corrected chi connectivity index (χ2v) is 14.9. The van der Waals surface area contributed by atoms with Gasteiger partial charge in [-0.25, -0.2) is 0 Å². The van der Waals surface area contributed by atoms with Crippen molar-refractivity contribution in [3.63, 3.8) is 0 Å². The van der Waals surface area contributed by atoms with Crippen molar-refractivity contribution in [2.24, 2.45) is 0 Å². The van der Waals surface area contributed by atoms with Gasteiger partial charge in [-0.1, -0.05) is 146 Å². The van der Waals surface area contributed by atoms with Crippen LogP contribution < -0.4 is 4.74 Å². The highest BCUT2D eigenvalue weighted by Crippen LogP contribution is 2.49. The number of hydrogen-bond acceptors (Lipinski definition) is 1. The summed E-state index contributed by atoms with van der Waals surface area (Å²) in [6, 6.07) is 74.4. The normalized spacial score (nSPS) is 12.0. The van der Waals surface area contributed by atoms with E-state index in [2.05, 4.69) is 209 Å². The molecule has 9 aromatic carbocycles. The molecule has 1 aliphatic heterocycles. The molecule has 0 amide bonds. The van der Waals surface area contributed by atoms with Gasteiger partial charge in [0, 0.05) is 32.8 Å². The summed E-state index contributed by atoms with van der Waals surface area (Å²) in [6.07, 6.45) is 0. The van der Waals surface area contributed by atoms with Crippen LogP contribution in [0.3, 0.4) is 0 Å². The minimum Gasteiger partial charge on any atom is -0.452 e. The van der Waals surface area contributed by atoms with Crippen molar-refractivity contribution >= 4 is 43.6 Å². The lowest BCUT2D eigenvalue weighted by atomic mass is 9.98. The predicted molar refractivity (Wildman–Crippen MR) is 237 cm³/mol. The lowest BCUT2D eigenvalue weighted by Gasteiger charge is -2.23. The zero-order chi connectivity index (χ0) is 37.5. The average molecular weight is 727 g/mol. The first-order valence-electron chi connectivity index (χ1n) is 19.5. The SMILES string of the molecule is c1ccc(-c2ccc3c(c2)c2cc(-c4ccccc4)ccc2n3-c2cccc(-c3ccc(-c4ccc5c6ccccc6n6c5c4Oc4ccccc4-6)cc3)c2)cc1. The molecule has 0 saturated heterocycles. The van der Waals surface area contributed by atoms with Crippen LogP contribution in [0.1, 0.15) is 0 Å². The summed E-state index contributed by atoms with van der Waals surface area (Å²) in [4.78, 5) is 0. The summed E-state index contributed by atoms with van der Waals surface area (Å²) in [6.45, 7) is 0. The predicted octanol–water partition coefficient (Wildman–Crippen LogP) is 14.7. The van der Waals surface area contributed by atoms with Gasteiger partial charge in [-0.05, 0) is 99.6 Å². The van der Waals surface area contributed by atoms with Gasteiger partial charge in [-0.3, -0.25) is 0 Å². The first-order valence-corrected chi connectivity index (χ1v) is 19.5. The Kier molecular flexibility index (Phi) is 6.93. The van der Waals surface area contributed by atoms with Crippen molar-refractivity contribution < 1.29 is 4.74 Å². The quantitative estimate of drug-likeness (QED) is 0.173. The third kappa shape index (κ3) is 4.92. The minimum atomic E-state index is 0.867. The Labute approximate surface area is 329 Å². The number of fused-ring (bicyclic) bond motifs is 8. The molecule has 0 bridgehead atoms. The molecule has 57 heavy (non-hydrogen) atoms. The highest BCUT2D eigenvalue weighted by Gasteiger charge is 2.26. The topological polar surface area (TPSA) is 19.1 Å². The summed E-state index contributed by atoms with van der Waals surface area (Å²) < 4.78 is 11.5. The Bertz CT molecular complexity index is 3260. The Morgan fingerprint density at radius 2 is 0.860 bits per heavy atom. The second-order valence-electron chi connectivity index (χ2n) is 14.9. The van der Waals surface area contributed by atoms with E-state index in [0.29, 0.717) is 0 Å². The van der Waals surface area contributed by atoms with Crippen molar-refractivity contribution in [2.45, 2.75) is 0 Å². The molecule has 0 spiro atoms. The molecule has 0 atom stereocenters. The third-order valence-corrected chi connectivity index (χ3v) is 11.7. The van der Waals surface area contributed by atoms with Gasteiger partial charge in [0.1, 0.15) is 0 Å². The van der Waals surface area contributed by atoms with Crippen molar-refractivity contribution in [3.8, 4) is 67.4 Å². The molecule has 3 nitrogen and oxygen atoms in total. The molecule has 2 aromatic heterocycles. The Balaban J connectivity index is 0.968. The van der Waals surface area contributed by atoms with Crippen LogP contribution in [-0.4, -0.2) is 9.13 Å². The van der Waals surface area contributed by atoms with Gasteiger partial charge in [0.05, 0.1) is 27.8 Å². The number of nitrogens with zero attached hydrogens (tertiary/aromatic N) is 2. The molecule has 266 valence electrons. The monoisotopic (exact) mass is 726 g/mol. The number of benzene rings is 9. The van der Waals surface area contributed by atoms with Crippen LogP contribution in [0.4, 0.5) is 0 Å². The average Bonchev–Trinajstić information content (AvgIpc) is 3.80. The second kappa shape index (κ2) is 12.5. The van der Waals surface area contributed by atoms with E-state index in [9.17, 15) is 0 Å². The van der Waals surface area contributed by atoms with Crippen LogP contribution in [0.25, 0.3) is 99.5 Å². The summed E-state index contributed by atoms with van der Waals surface area (Å²) in [7, 11) is 0. The van der Waals surface area contributed by atoms with Gasteiger partial charge < -0.3 is 13.9 Å². The van der Waals surface area contributed by atoms with Gasteiger partial charge >= 0.3 is 0 Å². The van der Waals surface area contributed by atoms with Gasteiger partial charge in [0.25, 0.3) is 0 Å². The largest absolute Gasteiger partial charge is 0.452 e. The van der Waals surface area contributed by atoms with Crippen molar-refractivity contribution in [2.75, 3.05) is 0 Å². The molecule has 11 aromatic rings. The van der Waals surface area contributed by atoms with E-state index >= 15 is 0 Å². The Morgan fingerprint density at radius 1 is 0.316 bits per heavy atom. The fourth-order valence-electron chi connectivity index (χ4n) is 9.03. The smallest absolute Gasteiger partial charge is 0.160 e. The lowest BCUT2D eigenvalue weighted by Crippen LogP contribution is -2.04. The van der Waals surface area contributed by atoms with Gasteiger partial charge in [0.15, 0.2) is 11.5 Å². The molecular formula is C54H34N2O. The van der Waals surface area contributed by atoms with Crippen molar-refractivity contribution in [3.05, 3.63) is 206 Å². The van der Waals surface area contributed by atoms with E-state index < -0.39 is 0 Å². The number of ether oxygens (including phenoxy) is 1. The van der Waals surface area contributed by atoms with Crippen LogP contribution in [0.2, 0.25) is 0 Å². The van der Waals surface area contributed by atoms with E-state index in [1.54, 1.807) is 0 Å². The highest BCUT2D eigenvalue weighted by molar-refractivity contribution is 6.14. The summed E-state index contributed by atoms with van der Waals surface area (Å²) in [5.41, 5.74) is 16.3. The molecule has 3 heterocycles. The molecule has 0 saturated carbocycles.